The third-order valence-electron chi connectivity index (χ3n) is 7.17. The second-order valence-electron chi connectivity index (χ2n) is 9.50. The molecule has 0 unspecified atom stereocenters. The number of sulfonamides is 1. The molecule has 3 rings (SSSR count). The van der Waals surface area contributed by atoms with Gasteiger partial charge < -0.3 is 10.2 Å². The number of nitrogens with zero attached hydrogens (tertiary/aromatic N) is 2. The number of hydrogen-bond donors (Lipinski definition) is 1. The Kier molecular flexibility index (Phi) is 7.98. The lowest BCUT2D eigenvalue weighted by Crippen LogP contribution is -2.50. The number of carbonyl (C=O) groups excluding carboxylic acids is 2. The molecule has 1 N–H and O–H groups in total. The van der Waals surface area contributed by atoms with Crippen molar-refractivity contribution in [3.05, 3.63) is 29.3 Å². The summed E-state index contributed by atoms with van der Waals surface area (Å²) in [4.78, 5) is 27.0. The minimum absolute atomic E-state index is 0.0690. The number of amides is 2. The maximum absolute atomic E-state index is 13.1. The van der Waals surface area contributed by atoms with Gasteiger partial charge in [-0.05, 0) is 49.3 Å². The van der Waals surface area contributed by atoms with Crippen molar-refractivity contribution >= 4 is 21.8 Å². The molecular weight excluding hydrogens is 426 g/mol. The van der Waals surface area contributed by atoms with Gasteiger partial charge in [-0.1, -0.05) is 38.8 Å². The van der Waals surface area contributed by atoms with Gasteiger partial charge in [-0.25, -0.2) is 8.42 Å². The Morgan fingerprint density at radius 2 is 1.72 bits per heavy atom. The Labute approximate surface area is 192 Å². The molecule has 7 nitrogen and oxygen atoms in total. The zero-order valence-corrected chi connectivity index (χ0v) is 20.6. The van der Waals surface area contributed by atoms with Crippen molar-refractivity contribution in [1.29, 1.82) is 0 Å². The van der Waals surface area contributed by atoms with Gasteiger partial charge in [0.05, 0.1) is 4.90 Å². The van der Waals surface area contributed by atoms with Crippen LogP contribution in [-0.4, -0.2) is 61.7 Å². The number of piperazine rings is 1. The van der Waals surface area contributed by atoms with Crippen LogP contribution in [-0.2, 0) is 19.6 Å². The van der Waals surface area contributed by atoms with E-state index in [1.807, 2.05) is 19.1 Å². The summed E-state index contributed by atoms with van der Waals surface area (Å²) >= 11 is 0. The molecule has 1 saturated heterocycles. The van der Waals surface area contributed by atoms with Crippen molar-refractivity contribution in [2.45, 2.75) is 70.7 Å². The van der Waals surface area contributed by atoms with E-state index >= 15 is 0 Å². The zero-order valence-electron chi connectivity index (χ0n) is 19.8. The minimum Gasteiger partial charge on any atom is -0.353 e. The van der Waals surface area contributed by atoms with E-state index in [4.69, 9.17) is 0 Å². The van der Waals surface area contributed by atoms with Gasteiger partial charge in [-0.3, -0.25) is 9.59 Å². The molecule has 1 aliphatic carbocycles. The van der Waals surface area contributed by atoms with Crippen LogP contribution in [0.15, 0.2) is 23.1 Å². The SMILES string of the molecule is Cc1ccc(C)c(S(=O)(=O)N2CCN(C(=O)CCC(=O)N[C@@H]3CCC[C@@H](C)[C@@H]3C)CC2)c1. The highest BCUT2D eigenvalue weighted by molar-refractivity contribution is 7.89. The van der Waals surface area contributed by atoms with Crippen LogP contribution < -0.4 is 5.32 Å². The molecular formula is C24H37N3O4S. The average Bonchev–Trinajstić information content (AvgIpc) is 2.77. The Morgan fingerprint density at radius 1 is 1.03 bits per heavy atom. The lowest BCUT2D eigenvalue weighted by Gasteiger charge is -2.35. The molecule has 2 aliphatic rings. The summed E-state index contributed by atoms with van der Waals surface area (Å²) in [5.74, 6) is 0.900. The molecule has 3 atom stereocenters. The summed E-state index contributed by atoms with van der Waals surface area (Å²) in [7, 11) is -3.59. The fraction of sp³-hybridized carbons (Fsp3) is 0.667. The van der Waals surface area contributed by atoms with E-state index < -0.39 is 10.0 Å². The first kappa shape index (κ1) is 24.7. The summed E-state index contributed by atoms with van der Waals surface area (Å²) in [5.41, 5.74) is 1.63. The number of benzene rings is 1. The number of nitrogens with one attached hydrogen (secondary N) is 1. The molecule has 8 heteroatoms. The third kappa shape index (κ3) is 5.70. The van der Waals surface area contributed by atoms with Gasteiger partial charge in [0.2, 0.25) is 21.8 Å². The van der Waals surface area contributed by atoms with Crippen molar-refractivity contribution in [1.82, 2.24) is 14.5 Å². The van der Waals surface area contributed by atoms with Crippen LogP contribution in [0, 0.1) is 25.7 Å². The van der Waals surface area contributed by atoms with Crippen molar-refractivity contribution in [2.75, 3.05) is 26.2 Å². The van der Waals surface area contributed by atoms with E-state index in [0.29, 0.717) is 29.8 Å². The number of hydrogen-bond acceptors (Lipinski definition) is 4. The van der Waals surface area contributed by atoms with Gasteiger partial charge in [-0.15, -0.1) is 0 Å². The second kappa shape index (κ2) is 10.3. The topological polar surface area (TPSA) is 86.8 Å². The molecule has 1 aromatic carbocycles. The summed E-state index contributed by atoms with van der Waals surface area (Å²) in [6.45, 7) is 9.32. The molecule has 1 saturated carbocycles. The van der Waals surface area contributed by atoms with Crippen LogP contribution in [0.4, 0.5) is 0 Å². The van der Waals surface area contributed by atoms with E-state index in [9.17, 15) is 18.0 Å². The Balaban J connectivity index is 1.48. The second-order valence-corrected chi connectivity index (χ2v) is 11.4. The third-order valence-corrected chi connectivity index (χ3v) is 9.21. The summed E-state index contributed by atoms with van der Waals surface area (Å²) < 4.78 is 27.6. The van der Waals surface area contributed by atoms with Crippen LogP contribution in [0.2, 0.25) is 0 Å². The normalized spacial score (nSPS) is 24.9. The van der Waals surface area contributed by atoms with Crippen LogP contribution in [0.3, 0.4) is 0 Å². The summed E-state index contributed by atoms with van der Waals surface area (Å²) in [6, 6.07) is 5.62. The van der Waals surface area contributed by atoms with Crippen molar-refractivity contribution in [3.63, 3.8) is 0 Å². The van der Waals surface area contributed by atoms with Gasteiger partial charge in [0.25, 0.3) is 0 Å². The first-order valence-electron chi connectivity index (χ1n) is 11.7. The predicted molar refractivity (Wildman–Crippen MR) is 125 cm³/mol. The fourth-order valence-corrected chi connectivity index (χ4v) is 6.48. The van der Waals surface area contributed by atoms with Gasteiger partial charge in [0.1, 0.15) is 0 Å². The quantitative estimate of drug-likeness (QED) is 0.703. The smallest absolute Gasteiger partial charge is 0.243 e. The monoisotopic (exact) mass is 463 g/mol. The van der Waals surface area contributed by atoms with Gasteiger partial charge in [-0.2, -0.15) is 4.31 Å². The molecule has 2 amide bonds. The average molecular weight is 464 g/mol. The molecule has 1 heterocycles. The maximum atomic E-state index is 13.1. The summed E-state index contributed by atoms with van der Waals surface area (Å²) in [5, 5.41) is 3.12. The predicted octanol–water partition coefficient (Wildman–Crippen LogP) is 2.86. The molecule has 178 valence electrons. The largest absolute Gasteiger partial charge is 0.353 e. The van der Waals surface area contributed by atoms with Crippen LogP contribution in [0.5, 0.6) is 0 Å². The van der Waals surface area contributed by atoms with Gasteiger partial charge >= 0.3 is 0 Å². The molecule has 32 heavy (non-hydrogen) atoms. The van der Waals surface area contributed by atoms with Crippen LogP contribution >= 0.6 is 0 Å². The molecule has 1 aromatic rings. The fourth-order valence-electron chi connectivity index (χ4n) is 4.75. The molecule has 0 radical (unpaired) electrons. The first-order chi connectivity index (χ1) is 15.1. The lowest BCUT2D eigenvalue weighted by atomic mass is 9.78. The number of carbonyl (C=O) groups is 2. The van der Waals surface area contributed by atoms with Crippen LogP contribution in [0.1, 0.15) is 57.1 Å². The first-order valence-corrected chi connectivity index (χ1v) is 13.2. The van der Waals surface area contributed by atoms with Crippen molar-refractivity contribution in [3.8, 4) is 0 Å². The Hall–Kier alpha value is -1.93. The highest BCUT2D eigenvalue weighted by Gasteiger charge is 2.32. The molecule has 0 aromatic heterocycles. The molecule has 1 aliphatic heterocycles. The van der Waals surface area contributed by atoms with Crippen LogP contribution in [0.25, 0.3) is 0 Å². The number of rotatable bonds is 6. The van der Waals surface area contributed by atoms with Crippen molar-refractivity contribution < 1.29 is 18.0 Å². The Bertz CT molecular complexity index is 939. The van der Waals surface area contributed by atoms with Gasteiger partial charge in [0.15, 0.2) is 0 Å². The number of aryl methyl sites for hydroxylation is 2. The lowest BCUT2D eigenvalue weighted by molar-refractivity contribution is -0.134. The van der Waals surface area contributed by atoms with E-state index in [1.165, 1.54) is 10.7 Å². The highest BCUT2D eigenvalue weighted by Crippen LogP contribution is 2.29. The van der Waals surface area contributed by atoms with E-state index in [1.54, 1.807) is 17.9 Å². The zero-order chi connectivity index (χ0) is 23.5. The molecule has 2 fully saturated rings. The van der Waals surface area contributed by atoms with Crippen molar-refractivity contribution in [2.24, 2.45) is 11.8 Å². The highest BCUT2D eigenvalue weighted by atomic mass is 32.2. The molecule has 0 spiro atoms. The summed E-state index contributed by atoms with van der Waals surface area (Å²) in [6.07, 6.45) is 3.67. The molecule has 0 bridgehead atoms. The van der Waals surface area contributed by atoms with E-state index in [0.717, 1.165) is 24.0 Å². The maximum Gasteiger partial charge on any atom is 0.243 e. The Morgan fingerprint density at radius 3 is 2.41 bits per heavy atom. The van der Waals surface area contributed by atoms with Gasteiger partial charge in [0, 0.05) is 45.1 Å². The minimum atomic E-state index is -3.59. The van der Waals surface area contributed by atoms with E-state index in [-0.39, 0.29) is 43.8 Å². The standard InChI is InChI=1S/C24H37N3O4S/c1-17-8-9-19(3)22(16-17)32(30,31)27-14-12-26(13-15-27)24(29)11-10-23(28)25-21-7-5-6-18(2)20(21)4/h8-9,16,18,20-21H,5-7,10-15H2,1-4H3,(H,25,28)/t18-,20+,21-/m1/s1. The van der Waals surface area contributed by atoms with E-state index in [2.05, 4.69) is 19.2 Å².